The van der Waals surface area contributed by atoms with Crippen LogP contribution in [0, 0.1) is 12.3 Å². The SMILES string of the molecule is C#CCOc1nccnc1Cl. The van der Waals surface area contributed by atoms with Crippen LogP contribution in [-0.4, -0.2) is 16.6 Å². The van der Waals surface area contributed by atoms with E-state index in [1.807, 2.05) is 0 Å². The van der Waals surface area contributed by atoms with Gasteiger partial charge in [0.2, 0.25) is 0 Å². The van der Waals surface area contributed by atoms with Crippen molar-refractivity contribution in [1.82, 2.24) is 9.97 Å². The zero-order valence-corrected chi connectivity index (χ0v) is 6.38. The van der Waals surface area contributed by atoms with Gasteiger partial charge in [0.25, 0.3) is 5.88 Å². The standard InChI is InChI=1S/C7H5ClN2O/c1-2-5-11-7-6(8)9-3-4-10-7/h1,3-4H,5H2. The predicted molar refractivity (Wildman–Crippen MR) is 41.4 cm³/mol. The van der Waals surface area contributed by atoms with E-state index in [2.05, 4.69) is 15.9 Å². The maximum atomic E-state index is 5.59. The maximum absolute atomic E-state index is 5.59. The van der Waals surface area contributed by atoms with E-state index < -0.39 is 0 Å². The lowest BCUT2D eigenvalue weighted by Crippen LogP contribution is -1.97. The van der Waals surface area contributed by atoms with Gasteiger partial charge in [-0.2, -0.15) is 0 Å². The van der Waals surface area contributed by atoms with Crippen molar-refractivity contribution in [3.8, 4) is 18.2 Å². The van der Waals surface area contributed by atoms with Gasteiger partial charge in [-0.3, -0.25) is 0 Å². The summed E-state index contributed by atoms with van der Waals surface area (Å²) in [5, 5.41) is 0.225. The van der Waals surface area contributed by atoms with Crippen LogP contribution in [0.1, 0.15) is 0 Å². The van der Waals surface area contributed by atoms with Gasteiger partial charge in [0.15, 0.2) is 11.8 Å². The quantitative estimate of drug-likeness (QED) is 0.622. The Hall–Kier alpha value is -1.27. The third-order valence-electron chi connectivity index (χ3n) is 0.915. The summed E-state index contributed by atoms with van der Waals surface area (Å²) in [5.74, 6) is 2.57. The molecule has 56 valence electrons. The summed E-state index contributed by atoms with van der Waals surface area (Å²) in [7, 11) is 0. The minimum absolute atomic E-state index is 0.151. The Morgan fingerprint density at radius 1 is 1.55 bits per heavy atom. The lowest BCUT2D eigenvalue weighted by Gasteiger charge is -1.99. The molecule has 0 spiro atoms. The molecule has 0 bridgehead atoms. The highest BCUT2D eigenvalue weighted by Crippen LogP contribution is 2.16. The molecule has 0 radical (unpaired) electrons. The van der Waals surface area contributed by atoms with Crippen molar-refractivity contribution in [2.24, 2.45) is 0 Å². The van der Waals surface area contributed by atoms with Crippen molar-refractivity contribution < 1.29 is 4.74 Å². The van der Waals surface area contributed by atoms with E-state index in [1.165, 1.54) is 12.4 Å². The average Bonchev–Trinajstić information content (AvgIpc) is 2.03. The van der Waals surface area contributed by atoms with Crippen molar-refractivity contribution in [2.45, 2.75) is 0 Å². The molecule has 4 heteroatoms. The summed E-state index contributed by atoms with van der Waals surface area (Å²) in [5.41, 5.74) is 0. The van der Waals surface area contributed by atoms with E-state index in [0.717, 1.165) is 0 Å². The second-order valence-electron chi connectivity index (χ2n) is 1.65. The lowest BCUT2D eigenvalue weighted by molar-refractivity contribution is 0.354. The Kier molecular flexibility index (Phi) is 2.70. The van der Waals surface area contributed by atoms with Gasteiger partial charge in [-0.15, -0.1) is 6.42 Å². The van der Waals surface area contributed by atoms with E-state index >= 15 is 0 Å². The molecule has 0 aromatic carbocycles. The topological polar surface area (TPSA) is 35.0 Å². The van der Waals surface area contributed by atoms with Gasteiger partial charge in [0.1, 0.15) is 0 Å². The van der Waals surface area contributed by atoms with Crippen LogP contribution in [0.5, 0.6) is 5.88 Å². The molecule has 0 aliphatic carbocycles. The van der Waals surface area contributed by atoms with Gasteiger partial charge in [-0.05, 0) is 0 Å². The molecule has 0 unspecified atom stereocenters. The van der Waals surface area contributed by atoms with Crippen molar-refractivity contribution in [1.29, 1.82) is 0 Å². The van der Waals surface area contributed by atoms with E-state index in [4.69, 9.17) is 22.8 Å². The summed E-state index contributed by atoms with van der Waals surface area (Å²) >= 11 is 5.59. The number of ether oxygens (including phenoxy) is 1. The summed E-state index contributed by atoms with van der Waals surface area (Å²) in [4.78, 5) is 7.54. The minimum Gasteiger partial charge on any atom is -0.462 e. The van der Waals surface area contributed by atoms with Crippen LogP contribution in [-0.2, 0) is 0 Å². The van der Waals surface area contributed by atoms with Crippen LogP contribution in [0.4, 0.5) is 0 Å². The number of aromatic nitrogens is 2. The molecule has 0 amide bonds. The molecule has 1 aromatic heterocycles. The van der Waals surface area contributed by atoms with E-state index in [9.17, 15) is 0 Å². The average molecular weight is 169 g/mol. The first-order chi connectivity index (χ1) is 5.34. The van der Waals surface area contributed by atoms with Crippen LogP contribution in [0.3, 0.4) is 0 Å². The molecule has 0 saturated carbocycles. The minimum atomic E-state index is 0.151. The molecule has 3 nitrogen and oxygen atoms in total. The van der Waals surface area contributed by atoms with E-state index in [-0.39, 0.29) is 17.6 Å². The Morgan fingerprint density at radius 2 is 2.27 bits per heavy atom. The largest absolute Gasteiger partial charge is 0.462 e. The molecule has 0 aliphatic rings. The monoisotopic (exact) mass is 168 g/mol. The van der Waals surface area contributed by atoms with Crippen LogP contribution in [0.2, 0.25) is 5.15 Å². The molecule has 0 N–H and O–H groups in total. The molecular formula is C7H5ClN2O. The smallest absolute Gasteiger partial charge is 0.253 e. The van der Waals surface area contributed by atoms with Gasteiger partial charge < -0.3 is 4.74 Å². The van der Waals surface area contributed by atoms with Gasteiger partial charge in [-0.1, -0.05) is 17.5 Å². The Morgan fingerprint density at radius 3 is 2.91 bits per heavy atom. The van der Waals surface area contributed by atoms with E-state index in [1.54, 1.807) is 0 Å². The summed E-state index contributed by atoms with van der Waals surface area (Å²) in [6.45, 7) is 0.151. The van der Waals surface area contributed by atoms with Crippen LogP contribution < -0.4 is 4.74 Å². The number of terminal acetylenes is 1. The number of halogens is 1. The Balaban J connectivity index is 2.71. The molecule has 1 heterocycles. The molecule has 0 saturated heterocycles. The molecule has 1 aromatic rings. The van der Waals surface area contributed by atoms with Crippen molar-refractivity contribution in [2.75, 3.05) is 6.61 Å². The second kappa shape index (κ2) is 3.79. The van der Waals surface area contributed by atoms with Gasteiger partial charge >= 0.3 is 0 Å². The fraction of sp³-hybridized carbons (Fsp3) is 0.143. The zero-order valence-electron chi connectivity index (χ0n) is 5.62. The Labute approximate surface area is 69.4 Å². The third kappa shape index (κ3) is 2.10. The zero-order chi connectivity index (χ0) is 8.10. The summed E-state index contributed by atoms with van der Waals surface area (Å²) in [6.07, 6.45) is 7.92. The molecular weight excluding hydrogens is 164 g/mol. The second-order valence-corrected chi connectivity index (χ2v) is 2.00. The fourth-order valence-corrected chi connectivity index (χ4v) is 0.675. The van der Waals surface area contributed by atoms with Gasteiger partial charge in [0.05, 0.1) is 0 Å². The normalized spacial score (nSPS) is 8.73. The maximum Gasteiger partial charge on any atom is 0.253 e. The van der Waals surface area contributed by atoms with Gasteiger partial charge in [-0.25, -0.2) is 9.97 Å². The lowest BCUT2D eigenvalue weighted by atomic mass is 10.7. The first kappa shape index (κ1) is 7.83. The van der Waals surface area contributed by atoms with Gasteiger partial charge in [0, 0.05) is 12.4 Å². The van der Waals surface area contributed by atoms with E-state index in [0.29, 0.717) is 0 Å². The highest BCUT2D eigenvalue weighted by Gasteiger charge is 2.00. The molecule has 11 heavy (non-hydrogen) atoms. The Bertz CT molecular complexity index is 282. The fourth-order valence-electron chi connectivity index (χ4n) is 0.515. The van der Waals surface area contributed by atoms with Crippen molar-refractivity contribution in [3.05, 3.63) is 17.5 Å². The van der Waals surface area contributed by atoms with Crippen LogP contribution in [0.15, 0.2) is 12.4 Å². The summed E-state index contributed by atoms with van der Waals surface area (Å²) in [6, 6.07) is 0. The van der Waals surface area contributed by atoms with Crippen LogP contribution in [0.25, 0.3) is 0 Å². The number of hydrogen-bond donors (Lipinski definition) is 0. The number of rotatable bonds is 2. The molecule has 0 atom stereocenters. The molecule has 0 fully saturated rings. The summed E-state index contributed by atoms with van der Waals surface area (Å²) < 4.78 is 4.94. The molecule has 1 rings (SSSR count). The first-order valence-corrected chi connectivity index (χ1v) is 3.25. The van der Waals surface area contributed by atoms with Crippen molar-refractivity contribution in [3.63, 3.8) is 0 Å². The predicted octanol–water partition coefficient (Wildman–Crippen LogP) is 1.14. The number of hydrogen-bond acceptors (Lipinski definition) is 3. The first-order valence-electron chi connectivity index (χ1n) is 2.87. The highest BCUT2D eigenvalue weighted by molar-refractivity contribution is 6.30. The molecule has 0 aliphatic heterocycles. The van der Waals surface area contributed by atoms with Crippen molar-refractivity contribution >= 4 is 11.6 Å². The third-order valence-corrected chi connectivity index (χ3v) is 1.17. The number of nitrogens with zero attached hydrogens (tertiary/aromatic N) is 2. The highest BCUT2D eigenvalue weighted by atomic mass is 35.5. The van der Waals surface area contributed by atoms with Crippen LogP contribution >= 0.6 is 11.6 Å².